The summed E-state index contributed by atoms with van der Waals surface area (Å²) in [7, 11) is 0. The largest absolute Gasteiger partial charge is 0.491 e. The van der Waals surface area contributed by atoms with Gasteiger partial charge in [-0.05, 0) is 49.9 Å². The van der Waals surface area contributed by atoms with Crippen LogP contribution in [-0.4, -0.2) is 43.3 Å². The van der Waals surface area contributed by atoms with E-state index in [0.29, 0.717) is 12.6 Å². The first-order chi connectivity index (χ1) is 10.3. The Labute approximate surface area is 139 Å². The monoisotopic (exact) mass is 326 g/mol. The Hall–Kier alpha value is -0.810. The van der Waals surface area contributed by atoms with Gasteiger partial charge in [-0.3, -0.25) is 4.90 Å². The van der Waals surface area contributed by atoms with E-state index in [0.717, 1.165) is 51.3 Å². The van der Waals surface area contributed by atoms with Gasteiger partial charge in [0.2, 0.25) is 0 Å². The molecular formula is C17H27ClN2O2. The Bertz CT molecular complexity index is 435. The van der Waals surface area contributed by atoms with Crippen LogP contribution in [-0.2, 0) is 11.3 Å². The molecule has 2 N–H and O–H groups in total. The second-order valence-corrected chi connectivity index (χ2v) is 6.23. The predicted octanol–water partition coefficient (Wildman–Crippen LogP) is 2.59. The van der Waals surface area contributed by atoms with E-state index in [2.05, 4.69) is 29.2 Å². The summed E-state index contributed by atoms with van der Waals surface area (Å²) in [4.78, 5) is 2.44. The molecule has 0 aromatic heterocycles. The maximum absolute atomic E-state index is 6.03. The molecule has 2 aliphatic rings. The van der Waals surface area contributed by atoms with Crippen molar-refractivity contribution in [3.05, 3.63) is 29.8 Å². The molecule has 0 radical (unpaired) electrons. The minimum atomic E-state index is 0. The summed E-state index contributed by atoms with van der Waals surface area (Å²) in [5, 5.41) is 0. The average molecular weight is 327 g/mol. The van der Waals surface area contributed by atoms with Crippen molar-refractivity contribution in [2.24, 2.45) is 5.73 Å². The molecule has 0 saturated carbocycles. The van der Waals surface area contributed by atoms with Gasteiger partial charge in [-0.1, -0.05) is 12.1 Å². The lowest BCUT2D eigenvalue weighted by molar-refractivity contribution is 0.0679. The van der Waals surface area contributed by atoms with Gasteiger partial charge in [0.1, 0.15) is 12.4 Å². The van der Waals surface area contributed by atoms with E-state index in [1.54, 1.807) is 0 Å². The van der Waals surface area contributed by atoms with Crippen molar-refractivity contribution in [1.29, 1.82) is 0 Å². The van der Waals surface area contributed by atoms with Gasteiger partial charge in [-0.2, -0.15) is 0 Å². The minimum absolute atomic E-state index is 0. The number of halogens is 1. The van der Waals surface area contributed by atoms with E-state index in [1.807, 2.05) is 0 Å². The molecule has 1 aromatic rings. The second kappa shape index (κ2) is 8.73. The van der Waals surface area contributed by atoms with E-state index >= 15 is 0 Å². The number of hydrogen-bond donors (Lipinski definition) is 1. The van der Waals surface area contributed by atoms with E-state index < -0.39 is 0 Å². The van der Waals surface area contributed by atoms with Gasteiger partial charge in [-0.25, -0.2) is 0 Å². The van der Waals surface area contributed by atoms with Crippen molar-refractivity contribution < 1.29 is 9.47 Å². The minimum Gasteiger partial charge on any atom is -0.491 e. The lowest BCUT2D eigenvalue weighted by Gasteiger charge is -2.30. The first kappa shape index (κ1) is 17.5. The van der Waals surface area contributed by atoms with Crippen LogP contribution in [0.25, 0.3) is 0 Å². The quantitative estimate of drug-likeness (QED) is 0.903. The van der Waals surface area contributed by atoms with Gasteiger partial charge in [0.05, 0.1) is 6.10 Å². The third-order valence-corrected chi connectivity index (χ3v) is 4.33. The molecule has 0 aliphatic carbocycles. The third kappa shape index (κ3) is 5.13. The Kier molecular flexibility index (Phi) is 6.96. The summed E-state index contributed by atoms with van der Waals surface area (Å²) in [5.41, 5.74) is 7.36. The number of likely N-dealkylation sites (tertiary alicyclic amines) is 1. The lowest BCUT2D eigenvalue weighted by Crippen LogP contribution is -2.42. The van der Waals surface area contributed by atoms with Crippen molar-refractivity contribution in [3.8, 4) is 5.75 Å². The van der Waals surface area contributed by atoms with Crippen molar-refractivity contribution >= 4 is 12.4 Å². The van der Waals surface area contributed by atoms with Crippen LogP contribution >= 0.6 is 12.4 Å². The highest BCUT2D eigenvalue weighted by molar-refractivity contribution is 5.85. The first-order valence-corrected chi connectivity index (χ1v) is 8.11. The van der Waals surface area contributed by atoms with E-state index in [9.17, 15) is 0 Å². The third-order valence-electron chi connectivity index (χ3n) is 4.33. The Morgan fingerprint density at radius 1 is 1.18 bits per heavy atom. The maximum atomic E-state index is 6.03. The normalized spacial score (nSPS) is 25.7. The smallest absolute Gasteiger partial charge is 0.119 e. The van der Waals surface area contributed by atoms with Crippen LogP contribution in [0.3, 0.4) is 0 Å². The van der Waals surface area contributed by atoms with Gasteiger partial charge < -0.3 is 15.2 Å². The average Bonchev–Trinajstić information content (AvgIpc) is 3.00. The number of nitrogens with two attached hydrogens (primary N) is 1. The summed E-state index contributed by atoms with van der Waals surface area (Å²) in [5.74, 6) is 0.935. The van der Waals surface area contributed by atoms with E-state index in [1.165, 1.54) is 12.0 Å². The molecule has 1 unspecified atom stereocenters. The van der Waals surface area contributed by atoms with Crippen LogP contribution in [0.4, 0.5) is 0 Å². The Balaban J connectivity index is 0.00000176. The number of ether oxygens (including phenoxy) is 2. The van der Waals surface area contributed by atoms with Crippen LogP contribution in [0.5, 0.6) is 5.75 Å². The van der Waals surface area contributed by atoms with Gasteiger partial charge in [0.15, 0.2) is 0 Å². The summed E-state index contributed by atoms with van der Waals surface area (Å²) < 4.78 is 11.4. The fourth-order valence-corrected chi connectivity index (χ4v) is 3.15. The van der Waals surface area contributed by atoms with Crippen LogP contribution in [0.2, 0.25) is 0 Å². The summed E-state index contributed by atoms with van der Waals surface area (Å²) in [6, 6.07) is 8.78. The van der Waals surface area contributed by atoms with Crippen molar-refractivity contribution in [3.63, 3.8) is 0 Å². The molecule has 3 rings (SSSR count). The molecule has 1 aromatic carbocycles. The predicted molar refractivity (Wildman–Crippen MR) is 90.6 cm³/mol. The summed E-state index contributed by atoms with van der Waals surface area (Å²) in [6.45, 7) is 4.70. The highest BCUT2D eigenvalue weighted by atomic mass is 35.5. The molecule has 22 heavy (non-hydrogen) atoms. The molecule has 4 nitrogen and oxygen atoms in total. The molecular weight excluding hydrogens is 300 g/mol. The second-order valence-electron chi connectivity index (χ2n) is 6.23. The molecule has 0 spiro atoms. The van der Waals surface area contributed by atoms with Crippen LogP contribution in [0, 0.1) is 0 Å². The zero-order chi connectivity index (χ0) is 14.5. The zero-order valence-corrected chi connectivity index (χ0v) is 13.9. The molecule has 0 bridgehead atoms. The summed E-state index contributed by atoms with van der Waals surface area (Å²) in [6.07, 6.45) is 4.92. The van der Waals surface area contributed by atoms with Gasteiger partial charge >= 0.3 is 0 Å². The highest BCUT2D eigenvalue weighted by Crippen LogP contribution is 2.18. The number of rotatable bonds is 5. The van der Waals surface area contributed by atoms with Crippen molar-refractivity contribution in [2.75, 3.05) is 26.3 Å². The zero-order valence-electron chi connectivity index (χ0n) is 13.1. The van der Waals surface area contributed by atoms with E-state index in [4.69, 9.17) is 15.2 Å². The fraction of sp³-hybridized carbons (Fsp3) is 0.647. The number of nitrogens with zero attached hydrogens (tertiary/aromatic N) is 1. The molecule has 2 heterocycles. The standard InChI is InChI=1S/C17H26N2O2.ClH/c18-15-3-1-9-19(12-15)11-14-5-7-16(8-6-14)21-13-17-4-2-10-20-17;/h5-8,15,17H,1-4,9-13,18H2;1H/t15-,17?;/m1./s1. The molecule has 2 saturated heterocycles. The van der Waals surface area contributed by atoms with Crippen molar-refractivity contribution in [2.45, 2.75) is 44.4 Å². The number of benzene rings is 1. The molecule has 5 heteroatoms. The molecule has 124 valence electrons. The molecule has 2 fully saturated rings. The molecule has 0 amide bonds. The van der Waals surface area contributed by atoms with Crippen LogP contribution in [0.1, 0.15) is 31.2 Å². The van der Waals surface area contributed by atoms with Gasteiger partial charge in [-0.15, -0.1) is 12.4 Å². The summed E-state index contributed by atoms with van der Waals surface area (Å²) >= 11 is 0. The molecule has 2 atom stereocenters. The number of piperidine rings is 1. The van der Waals surface area contributed by atoms with E-state index in [-0.39, 0.29) is 18.5 Å². The van der Waals surface area contributed by atoms with Crippen molar-refractivity contribution in [1.82, 2.24) is 4.90 Å². The van der Waals surface area contributed by atoms with Crippen LogP contribution in [0.15, 0.2) is 24.3 Å². The van der Waals surface area contributed by atoms with Gasteiger partial charge in [0, 0.05) is 25.7 Å². The highest BCUT2D eigenvalue weighted by Gasteiger charge is 2.17. The molecule has 2 aliphatic heterocycles. The Morgan fingerprint density at radius 2 is 2.00 bits per heavy atom. The Morgan fingerprint density at radius 3 is 2.68 bits per heavy atom. The first-order valence-electron chi connectivity index (χ1n) is 8.11. The van der Waals surface area contributed by atoms with Crippen LogP contribution < -0.4 is 10.5 Å². The van der Waals surface area contributed by atoms with Gasteiger partial charge in [0.25, 0.3) is 0 Å². The topological polar surface area (TPSA) is 47.7 Å². The number of hydrogen-bond acceptors (Lipinski definition) is 4. The SMILES string of the molecule is Cl.N[C@@H]1CCCN(Cc2ccc(OCC3CCCO3)cc2)C1. The maximum Gasteiger partial charge on any atom is 0.119 e. The fourth-order valence-electron chi connectivity index (χ4n) is 3.15. The lowest BCUT2D eigenvalue weighted by atomic mass is 10.1.